The van der Waals surface area contributed by atoms with Gasteiger partial charge in [-0.05, 0) is 25.1 Å². The lowest BCUT2D eigenvalue weighted by Gasteiger charge is -2.26. The molecule has 1 aromatic carbocycles. The third kappa shape index (κ3) is 2.41. The number of rotatable bonds is 4. The Hall–Kier alpha value is -0.980. The first kappa shape index (κ1) is 13.5. The lowest BCUT2D eigenvalue weighted by atomic mass is 10.3. The molecule has 0 saturated carbocycles. The number of sulfonamides is 1. The van der Waals surface area contributed by atoms with E-state index in [1.54, 1.807) is 6.92 Å². The molecule has 1 fully saturated rings. The van der Waals surface area contributed by atoms with Crippen molar-refractivity contribution in [1.82, 2.24) is 9.62 Å². The minimum Gasteiger partial charge on any atom is -0.315 e. The number of nitrogens with one attached hydrogen (secondary N) is 1. The Balaban J connectivity index is 2.37. The van der Waals surface area contributed by atoms with Crippen molar-refractivity contribution in [2.45, 2.75) is 24.3 Å². The van der Waals surface area contributed by atoms with Gasteiger partial charge < -0.3 is 5.32 Å². The lowest BCUT2D eigenvalue weighted by Crippen LogP contribution is -2.41. The fourth-order valence-electron chi connectivity index (χ4n) is 2.29. The third-order valence-electron chi connectivity index (χ3n) is 3.18. The maximum absolute atomic E-state index is 13.6. The zero-order valence-corrected chi connectivity index (χ0v) is 11.1. The Bertz CT molecular complexity index is 513. The summed E-state index contributed by atoms with van der Waals surface area (Å²) >= 11 is 0. The Kier molecular flexibility index (Phi) is 3.99. The molecule has 2 rings (SSSR count). The summed E-state index contributed by atoms with van der Waals surface area (Å²) in [6.07, 6.45) is 0.765. The molecule has 1 heterocycles. The maximum atomic E-state index is 13.6. The summed E-state index contributed by atoms with van der Waals surface area (Å²) in [5.74, 6) is -0.693. The molecule has 1 aliphatic heterocycles. The van der Waals surface area contributed by atoms with E-state index >= 15 is 0 Å². The molecule has 0 bridgehead atoms. The third-order valence-corrected chi connectivity index (χ3v) is 5.24. The number of nitrogens with zero attached hydrogens (tertiary/aromatic N) is 1. The van der Waals surface area contributed by atoms with E-state index in [9.17, 15) is 12.8 Å². The molecule has 0 amide bonds. The van der Waals surface area contributed by atoms with E-state index in [0.717, 1.165) is 13.0 Å². The molecule has 1 aliphatic rings. The van der Waals surface area contributed by atoms with Gasteiger partial charge in [0, 0.05) is 19.1 Å². The summed E-state index contributed by atoms with van der Waals surface area (Å²) < 4.78 is 39.9. The summed E-state index contributed by atoms with van der Waals surface area (Å²) in [6.45, 7) is 3.55. The molecule has 0 radical (unpaired) electrons. The molecular formula is C12H17FN2O2S. The van der Waals surface area contributed by atoms with Crippen LogP contribution < -0.4 is 5.32 Å². The highest BCUT2D eigenvalue weighted by Gasteiger charge is 2.33. The predicted molar refractivity (Wildman–Crippen MR) is 67.2 cm³/mol. The van der Waals surface area contributed by atoms with E-state index in [-0.39, 0.29) is 10.9 Å². The largest absolute Gasteiger partial charge is 0.315 e. The quantitative estimate of drug-likeness (QED) is 0.896. The van der Waals surface area contributed by atoms with E-state index in [0.29, 0.717) is 13.1 Å². The summed E-state index contributed by atoms with van der Waals surface area (Å²) in [6, 6.07) is 5.43. The van der Waals surface area contributed by atoms with E-state index in [4.69, 9.17) is 0 Å². The lowest BCUT2D eigenvalue weighted by molar-refractivity contribution is 0.347. The van der Waals surface area contributed by atoms with E-state index in [2.05, 4.69) is 5.32 Å². The molecule has 6 heteroatoms. The number of likely N-dealkylation sites (N-methyl/N-ethyl adjacent to an activating group) is 1. The summed E-state index contributed by atoms with van der Waals surface area (Å²) in [5.41, 5.74) is 0. The van der Waals surface area contributed by atoms with Crippen molar-refractivity contribution >= 4 is 10.0 Å². The van der Waals surface area contributed by atoms with Gasteiger partial charge in [0.25, 0.3) is 0 Å². The second-order valence-corrected chi connectivity index (χ2v) is 6.14. The Morgan fingerprint density at radius 1 is 1.44 bits per heavy atom. The number of halogens is 1. The van der Waals surface area contributed by atoms with Crippen molar-refractivity contribution in [1.29, 1.82) is 0 Å². The molecule has 0 spiro atoms. The van der Waals surface area contributed by atoms with Crippen molar-refractivity contribution in [3.8, 4) is 0 Å². The monoisotopic (exact) mass is 272 g/mol. The van der Waals surface area contributed by atoms with Crippen LogP contribution in [0.15, 0.2) is 29.2 Å². The topological polar surface area (TPSA) is 49.4 Å². The zero-order chi connectivity index (χ0) is 13.2. The number of hydrogen-bond donors (Lipinski definition) is 1. The fraction of sp³-hybridized carbons (Fsp3) is 0.500. The molecule has 1 atom stereocenters. The Morgan fingerprint density at radius 2 is 2.17 bits per heavy atom. The Labute approximate surface area is 107 Å². The van der Waals surface area contributed by atoms with Crippen LogP contribution in [0, 0.1) is 5.82 Å². The molecule has 1 saturated heterocycles. The van der Waals surface area contributed by atoms with Crippen molar-refractivity contribution < 1.29 is 12.8 Å². The molecular weight excluding hydrogens is 255 g/mol. The second-order valence-electron chi connectivity index (χ2n) is 4.29. The maximum Gasteiger partial charge on any atom is 0.246 e. The molecule has 100 valence electrons. The molecule has 0 aliphatic carbocycles. The highest BCUT2D eigenvalue weighted by molar-refractivity contribution is 7.89. The van der Waals surface area contributed by atoms with Crippen molar-refractivity contribution in [3.63, 3.8) is 0 Å². The fourth-order valence-corrected chi connectivity index (χ4v) is 4.02. The van der Waals surface area contributed by atoms with Gasteiger partial charge in [-0.1, -0.05) is 19.1 Å². The van der Waals surface area contributed by atoms with Crippen LogP contribution >= 0.6 is 0 Å². The van der Waals surface area contributed by atoms with Gasteiger partial charge in [0.2, 0.25) is 10.0 Å². The highest BCUT2D eigenvalue weighted by atomic mass is 32.2. The van der Waals surface area contributed by atoms with Crippen molar-refractivity contribution in [3.05, 3.63) is 30.1 Å². The van der Waals surface area contributed by atoms with Gasteiger partial charge in [-0.2, -0.15) is 4.31 Å². The van der Waals surface area contributed by atoms with E-state index < -0.39 is 15.8 Å². The molecule has 1 unspecified atom stereocenters. The molecule has 1 aromatic rings. The van der Waals surface area contributed by atoms with Gasteiger partial charge in [-0.3, -0.25) is 0 Å². The van der Waals surface area contributed by atoms with Crippen molar-refractivity contribution in [2.75, 3.05) is 19.6 Å². The normalized spacial score (nSPS) is 20.5. The van der Waals surface area contributed by atoms with Crippen LogP contribution in [0.3, 0.4) is 0 Å². The first-order valence-corrected chi connectivity index (χ1v) is 7.48. The number of benzene rings is 1. The predicted octanol–water partition coefficient (Wildman–Crippen LogP) is 1.20. The zero-order valence-electron chi connectivity index (χ0n) is 10.3. The van der Waals surface area contributed by atoms with Gasteiger partial charge in [0.15, 0.2) is 0 Å². The first-order valence-electron chi connectivity index (χ1n) is 6.04. The van der Waals surface area contributed by atoms with Crippen molar-refractivity contribution in [2.24, 2.45) is 0 Å². The molecule has 18 heavy (non-hydrogen) atoms. The van der Waals surface area contributed by atoms with Crippen LogP contribution in [0.2, 0.25) is 0 Å². The minimum atomic E-state index is -3.75. The van der Waals surface area contributed by atoms with Crippen LogP contribution in [0.4, 0.5) is 4.39 Å². The second kappa shape index (κ2) is 5.34. The number of hydrogen-bond acceptors (Lipinski definition) is 3. The van der Waals surface area contributed by atoms with Gasteiger partial charge in [-0.25, -0.2) is 12.8 Å². The highest BCUT2D eigenvalue weighted by Crippen LogP contribution is 2.22. The van der Waals surface area contributed by atoms with Gasteiger partial charge in [0.05, 0.1) is 0 Å². The smallest absolute Gasteiger partial charge is 0.246 e. The Morgan fingerprint density at radius 3 is 2.72 bits per heavy atom. The molecule has 0 aromatic heterocycles. The van der Waals surface area contributed by atoms with Gasteiger partial charge in [-0.15, -0.1) is 0 Å². The standard InChI is InChI=1S/C12H17FN2O2S/c1-2-15(10-7-8-14-9-10)18(16,17)12-6-4-3-5-11(12)13/h3-6,10,14H,2,7-9H2,1H3. The van der Waals surface area contributed by atoms with Crippen LogP contribution in [0.5, 0.6) is 0 Å². The van der Waals surface area contributed by atoms with E-state index in [1.165, 1.54) is 28.6 Å². The van der Waals surface area contributed by atoms with Gasteiger partial charge in [0.1, 0.15) is 10.7 Å². The summed E-state index contributed by atoms with van der Waals surface area (Å²) in [7, 11) is -3.75. The summed E-state index contributed by atoms with van der Waals surface area (Å²) in [4.78, 5) is -0.237. The van der Waals surface area contributed by atoms with Crippen LogP contribution in [-0.2, 0) is 10.0 Å². The average molecular weight is 272 g/mol. The van der Waals surface area contributed by atoms with Gasteiger partial charge >= 0.3 is 0 Å². The van der Waals surface area contributed by atoms with Crippen LogP contribution in [-0.4, -0.2) is 38.4 Å². The molecule has 1 N–H and O–H groups in total. The minimum absolute atomic E-state index is 0.0837. The first-order chi connectivity index (χ1) is 8.57. The van der Waals surface area contributed by atoms with E-state index in [1.807, 2.05) is 0 Å². The summed E-state index contributed by atoms with van der Waals surface area (Å²) in [5, 5.41) is 3.13. The average Bonchev–Trinajstić information content (AvgIpc) is 2.83. The van der Waals surface area contributed by atoms with Crippen LogP contribution in [0.25, 0.3) is 0 Å². The van der Waals surface area contributed by atoms with Crippen LogP contribution in [0.1, 0.15) is 13.3 Å². The molecule has 4 nitrogen and oxygen atoms in total. The SMILES string of the molecule is CCN(C1CCNC1)S(=O)(=O)c1ccccc1F.